The number of methoxy groups -OCH3 is 2. The van der Waals surface area contributed by atoms with E-state index in [0.717, 1.165) is 32.7 Å². The molecule has 0 heterocycles. The Morgan fingerprint density at radius 3 is 1.77 bits per heavy atom. The zero-order valence-electron chi connectivity index (χ0n) is 12.3. The fraction of sp³-hybridized carbons (Fsp3) is 0.118. The summed E-state index contributed by atoms with van der Waals surface area (Å²) in [4.78, 5) is 0. The van der Waals surface area contributed by atoms with Gasteiger partial charge in [-0.25, -0.2) is 0 Å². The van der Waals surface area contributed by atoms with E-state index in [1.807, 2.05) is 48.5 Å². The van der Waals surface area contributed by atoms with Crippen LogP contribution in [0, 0.1) is 0 Å². The Kier molecular flexibility index (Phi) is 5.61. The average Bonchev–Trinajstić information content (AvgIpc) is 2.59. The number of ether oxygens (including phenoxy) is 2. The predicted octanol–water partition coefficient (Wildman–Crippen LogP) is 4.43. The van der Waals surface area contributed by atoms with E-state index in [-0.39, 0.29) is 0 Å². The van der Waals surface area contributed by atoms with Gasteiger partial charge < -0.3 is 14.7 Å². The molecule has 0 bridgehead atoms. The van der Waals surface area contributed by atoms with Gasteiger partial charge in [0.15, 0.2) is 0 Å². The Hall–Kier alpha value is -2.27. The van der Waals surface area contributed by atoms with Crippen molar-refractivity contribution in [3.63, 3.8) is 0 Å². The zero-order valence-corrected chi connectivity index (χ0v) is 13.9. The Morgan fingerprint density at radius 1 is 0.909 bits per heavy atom. The molecule has 4 nitrogen and oxygen atoms in total. The molecule has 2 rings (SSSR count). The van der Waals surface area contributed by atoms with Crippen molar-refractivity contribution in [3.8, 4) is 11.5 Å². The lowest BCUT2D eigenvalue weighted by Gasteiger charge is -2.09. The van der Waals surface area contributed by atoms with E-state index >= 15 is 0 Å². The first-order valence-corrected chi connectivity index (χ1v) is 7.35. The first-order valence-electron chi connectivity index (χ1n) is 6.55. The molecule has 0 aliphatic rings. The summed E-state index contributed by atoms with van der Waals surface area (Å²) in [5.74, 6) is 1.55. The largest absolute Gasteiger partial charge is 0.497 e. The number of nitrogens with zero attached hydrogens (tertiary/aromatic N) is 1. The van der Waals surface area contributed by atoms with Crippen LogP contribution in [0.2, 0.25) is 0 Å². The van der Waals surface area contributed by atoms with E-state index in [4.69, 9.17) is 14.7 Å². The lowest BCUT2D eigenvalue weighted by Crippen LogP contribution is -1.91. The molecule has 0 saturated carbocycles. The quantitative estimate of drug-likeness (QED) is 0.371. The molecule has 0 radical (unpaired) electrons. The lowest BCUT2D eigenvalue weighted by atomic mass is 10.0. The number of benzene rings is 2. The minimum atomic E-state index is 0.760. The van der Waals surface area contributed by atoms with Crippen molar-refractivity contribution in [1.29, 1.82) is 0 Å². The molecular weight excluding hydrogens is 346 g/mol. The molecule has 0 spiro atoms. The van der Waals surface area contributed by atoms with Crippen LogP contribution in [0.1, 0.15) is 11.1 Å². The first-order chi connectivity index (χ1) is 10.7. The number of halogens is 1. The highest BCUT2D eigenvalue weighted by Gasteiger charge is 2.09. The van der Waals surface area contributed by atoms with Crippen molar-refractivity contribution < 1.29 is 14.7 Å². The monoisotopic (exact) mass is 361 g/mol. The Bertz CT molecular complexity index is 676. The van der Waals surface area contributed by atoms with Crippen LogP contribution >= 0.6 is 15.9 Å². The van der Waals surface area contributed by atoms with Gasteiger partial charge in [-0.15, -0.1) is 0 Å². The standard InChI is InChI=1S/C17H16BrNO3/c1-21-14-7-3-12(4-8-14)16(11-19-20)17(18)13-5-9-15(22-2)10-6-13/h3-11,20H,1-2H3/b17-16-,19-11-. The molecule has 0 aliphatic carbocycles. The maximum absolute atomic E-state index is 8.95. The van der Waals surface area contributed by atoms with E-state index in [2.05, 4.69) is 21.1 Å². The number of hydrogen-bond acceptors (Lipinski definition) is 4. The molecule has 22 heavy (non-hydrogen) atoms. The molecule has 0 aliphatic heterocycles. The second-order valence-corrected chi connectivity index (χ2v) is 5.22. The van der Waals surface area contributed by atoms with Crippen LogP contribution in [0.15, 0.2) is 53.7 Å². The maximum Gasteiger partial charge on any atom is 0.118 e. The van der Waals surface area contributed by atoms with Crippen LogP contribution in [0.25, 0.3) is 10.1 Å². The summed E-state index contributed by atoms with van der Waals surface area (Å²) in [6.45, 7) is 0. The topological polar surface area (TPSA) is 51.0 Å². The van der Waals surface area contributed by atoms with Gasteiger partial charge in [-0.1, -0.05) is 29.4 Å². The summed E-state index contributed by atoms with van der Waals surface area (Å²) >= 11 is 3.58. The van der Waals surface area contributed by atoms with Crippen molar-refractivity contribution in [2.45, 2.75) is 0 Å². The number of rotatable bonds is 5. The summed E-state index contributed by atoms with van der Waals surface area (Å²) in [7, 11) is 3.25. The minimum Gasteiger partial charge on any atom is -0.497 e. The van der Waals surface area contributed by atoms with E-state index in [1.165, 1.54) is 6.21 Å². The van der Waals surface area contributed by atoms with E-state index in [0.29, 0.717) is 0 Å². The molecule has 2 aromatic carbocycles. The second-order valence-electron chi connectivity index (χ2n) is 4.43. The van der Waals surface area contributed by atoms with Crippen molar-refractivity contribution in [1.82, 2.24) is 0 Å². The van der Waals surface area contributed by atoms with Crippen molar-refractivity contribution in [3.05, 3.63) is 59.7 Å². The Labute approximate surface area is 137 Å². The maximum atomic E-state index is 8.95. The fourth-order valence-electron chi connectivity index (χ4n) is 1.98. The van der Waals surface area contributed by atoms with Crippen LogP contribution in [-0.4, -0.2) is 25.6 Å². The van der Waals surface area contributed by atoms with Crippen molar-refractivity contribution in [2.75, 3.05) is 14.2 Å². The zero-order chi connectivity index (χ0) is 15.9. The molecule has 0 unspecified atom stereocenters. The predicted molar refractivity (Wildman–Crippen MR) is 92.0 cm³/mol. The van der Waals surface area contributed by atoms with E-state index in [1.54, 1.807) is 14.2 Å². The SMILES string of the molecule is COc1ccc(/C(Br)=C(\C=N/O)c2ccc(OC)cc2)cc1. The number of oxime groups is 1. The van der Waals surface area contributed by atoms with E-state index < -0.39 is 0 Å². The number of allylic oxidation sites excluding steroid dienone is 1. The van der Waals surface area contributed by atoms with Gasteiger partial charge in [0.1, 0.15) is 11.5 Å². The lowest BCUT2D eigenvalue weighted by molar-refractivity contribution is 0.322. The summed E-state index contributed by atoms with van der Waals surface area (Å²) in [5, 5.41) is 12.1. The van der Waals surface area contributed by atoms with Gasteiger partial charge in [-0.05, 0) is 51.3 Å². The normalized spacial score (nSPS) is 12.1. The Balaban J connectivity index is 2.46. The van der Waals surface area contributed by atoms with Gasteiger partial charge >= 0.3 is 0 Å². The smallest absolute Gasteiger partial charge is 0.118 e. The van der Waals surface area contributed by atoms with Gasteiger partial charge in [0.2, 0.25) is 0 Å². The van der Waals surface area contributed by atoms with Gasteiger partial charge in [-0.3, -0.25) is 0 Å². The molecular formula is C17H16BrNO3. The van der Waals surface area contributed by atoms with Crippen molar-refractivity contribution in [2.24, 2.45) is 5.16 Å². The molecule has 5 heteroatoms. The van der Waals surface area contributed by atoms with Crippen LogP contribution in [0.4, 0.5) is 0 Å². The molecule has 0 saturated heterocycles. The minimum absolute atomic E-state index is 0.760. The Morgan fingerprint density at radius 2 is 1.36 bits per heavy atom. The van der Waals surface area contributed by atoms with Crippen LogP contribution < -0.4 is 9.47 Å². The highest BCUT2D eigenvalue weighted by Crippen LogP contribution is 2.32. The molecule has 0 fully saturated rings. The molecule has 0 atom stereocenters. The summed E-state index contributed by atoms with van der Waals surface area (Å²) < 4.78 is 11.1. The van der Waals surface area contributed by atoms with Gasteiger partial charge in [0.05, 0.1) is 20.4 Å². The summed E-state index contributed by atoms with van der Waals surface area (Å²) in [5.41, 5.74) is 2.61. The third-order valence-electron chi connectivity index (χ3n) is 3.17. The van der Waals surface area contributed by atoms with Crippen LogP contribution in [0.5, 0.6) is 11.5 Å². The summed E-state index contributed by atoms with van der Waals surface area (Å²) in [6, 6.07) is 15.1. The second kappa shape index (κ2) is 7.66. The molecule has 1 N–H and O–H groups in total. The average molecular weight is 362 g/mol. The van der Waals surface area contributed by atoms with Crippen molar-refractivity contribution >= 4 is 32.2 Å². The van der Waals surface area contributed by atoms with Gasteiger partial charge in [-0.2, -0.15) is 0 Å². The number of hydrogen-bond donors (Lipinski definition) is 1. The molecule has 0 aromatic heterocycles. The fourth-order valence-corrected chi connectivity index (χ4v) is 2.57. The van der Waals surface area contributed by atoms with Crippen LogP contribution in [0.3, 0.4) is 0 Å². The van der Waals surface area contributed by atoms with Gasteiger partial charge in [0.25, 0.3) is 0 Å². The molecule has 0 amide bonds. The summed E-state index contributed by atoms with van der Waals surface area (Å²) in [6.07, 6.45) is 1.40. The third-order valence-corrected chi connectivity index (χ3v) is 4.05. The highest BCUT2D eigenvalue weighted by molar-refractivity contribution is 9.15. The van der Waals surface area contributed by atoms with E-state index in [9.17, 15) is 0 Å². The molecule has 114 valence electrons. The highest BCUT2D eigenvalue weighted by atomic mass is 79.9. The molecule has 2 aromatic rings. The third kappa shape index (κ3) is 3.68. The first kappa shape index (κ1) is 16.1. The van der Waals surface area contributed by atoms with Crippen LogP contribution in [-0.2, 0) is 0 Å². The van der Waals surface area contributed by atoms with Gasteiger partial charge in [0, 0.05) is 10.1 Å².